The maximum absolute atomic E-state index is 9.36. The highest BCUT2D eigenvalue weighted by atomic mass is 16.5. The van der Waals surface area contributed by atoms with Crippen molar-refractivity contribution in [3.63, 3.8) is 0 Å². The van der Waals surface area contributed by atoms with Crippen LogP contribution in [0.15, 0.2) is 18.2 Å². The van der Waals surface area contributed by atoms with Crippen molar-refractivity contribution in [1.82, 2.24) is 0 Å². The Bertz CT molecular complexity index is 336. The third-order valence-electron chi connectivity index (χ3n) is 2.62. The number of hydrogen-bond donors (Lipinski definition) is 2. The molecule has 0 aliphatic carbocycles. The van der Waals surface area contributed by atoms with Crippen LogP contribution >= 0.6 is 0 Å². The van der Waals surface area contributed by atoms with E-state index in [0.29, 0.717) is 0 Å². The topological polar surface area (TPSA) is 55.5 Å². The highest BCUT2D eigenvalue weighted by Gasteiger charge is 2.17. The van der Waals surface area contributed by atoms with Crippen molar-refractivity contribution < 1.29 is 9.84 Å². The van der Waals surface area contributed by atoms with Gasteiger partial charge in [-0.2, -0.15) is 0 Å². The van der Waals surface area contributed by atoms with Crippen LogP contribution in [0.2, 0.25) is 0 Å². The first-order valence-electron chi connectivity index (χ1n) is 4.88. The molecule has 0 saturated heterocycles. The van der Waals surface area contributed by atoms with E-state index in [-0.39, 0.29) is 6.04 Å². The number of fused-ring (bicyclic) bond motifs is 1. The first kappa shape index (κ1) is 9.49. The van der Waals surface area contributed by atoms with Crippen molar-refractivity contribution in [2.45, 2.75) is 25.5 Å². The minimum absolute atomic E-state index is 0.329. The second-order valence-corrected chi connectivity index (χ2v) is 3.73. The Kier molecular flexibility index (Phi) is 2.44. The molecule has 0 radical (unpaired) electrons. The lowest BCUT2D eigenvalue weighted by molar-refractivity contribution is 0.164. The standard InChI is InChI=1S/C11H15NO2/c1-7(13)11(12)9-3-2-8-4-5-14-10(8)6-9/h2-3,6-7,11,13H,4-5,12H2,1H3/t7-,11-/m0/s1. The first-order valence-corrected chi connectivity index (χ1v) is 4.88. The third kappa shape index (κ3) is 1.61. The number of nitrogens with two attached hydrogens (primary N) is 1. The van der Waals surface area contributed by atoms with E-state index in [1.807, 2.05) is 18.2 Å². The monoisotopic (exact) mass is 193 g/mol. The van der Waals surface area contributed by atoms with Gasteiger partial charge in [0.15, 0.2) is 0 Å². The average molecular weight is 193 g/mol. The fourth-order valence-electron chi connectivity index (χ4n) is 1.67. The Morgan fingerprint density at radius 2 is 2.29 bits per heavy atom. The van der Waals surface area contributed by atoms with Crippen molar-refractivity contribution in [1.29, 1.82) is 0 Å². The lowest BCUT2D eigenvalue weighted by atomic mass is 10.0. The third-order valence-corrected chi connectivity index (χ3v) is 2.62. The summed E-state index contributed by atoms with van der Waals surface area (Å²) >= 11 is 0. The molecule has 0 saturated carbocycles. The van der Waals surface area contributed by atoms with E-state index in [0.717, 1.165) is 24.3 Å². The molecule has 2 rings (SSSR count). The van der Waals surface area contributed by atoms with Crippen molar-refractivity contribution in [3.05, 3.63) is 29.3 Å². The van der Waals surface area contributed by atoms with Gasteiger partial charge in [-0.05, 0) is 24.1 Å². The normalized spacial score (nSPS) is 18.5. The van der Waals surface area contributed by atoms with E-state index in [9.17, 15) is 5.11 Å². The van der Waals surface area contributed by atoms with Crippen LogP contribution in [0.5, 0.6) is 5.75 Å². The van der Waals surface area contributed by atoms with Crippen LogP contribution in [0.1, 0.15) is 24.1 Å². The van der Waals surface area contributed by atoms with Gasteiger partial charge in [-0.1, -0.05) is 12.1 Å². The Morgan fingerprint density at radius 3 is 3.00 bits per heavy atom. The number of rotatable bonds is 2. The van der Waals surface area contributed by atoms with E-state index in [1.54, 1.807) is 6.92 Å². The van der Waals surface area contributed by atoms with Crippen LogP contribution in [-0.4, -0.2) is 17.8 Å². The molecule has 76 valence electrons. The number of hydrogen-bond acceptors (Lipinski definition) is 3. The SMILES string of the molecule is C[C@H](O)[C@H](N)c1ccc2c(c1)OCC2. The van der Waals surface area contributed by atoms with Crippen molar-refractivity contribution in [2.75, 3.05) is 6.61 Å². The molecule has 3 N–H and O–H groups in total. The van der Waals surface area contributed by atoms with Crippen LogP contribution in [-0.2, 0) is 6.42 Å². The molecule has 0 bridgehead atoms. The first-order chi connectivity index (χ1) is 6.68. The number of benzene rings is 1. The molecule has 14 heavy (non-hydrogen) atoms. The second kappa shape index (κ2) is 3.59. The summed E-state index contributed by atoms with van der Waals surface area (Å²) < 4.78 is 5.43. The minimum Gasteiger partial charge on any atom is -0.493 e. The molecular weight excluding hydrogens is 178 g/mol. The quantitative estimate of drug-likeness (QED) is 0.736. The van der Waals surface area contributed by atoms with Crippen molar-refractivity contribution >= 4 is 0 Å². The van der Waals surface area contributed by atoms with Crippen LogP contribution in [0, 0.1) is 0 Å². The van der Waals surface area contributed by atoms with Gasteiger partial charge >= 0.3 is 0 Å². The molecule has 1 heterocycles. The molecule has 1 aromatic carbocycles. The van der Waals surface area contributed by atoms with Gasteiger partial charge in [0, 0.05) is 6.42 Å². The average Bonchev–Trinajstić information content (AvgIpc) is 2.62. The number of aliphatic hydroxyl groups excluding tert-OH is 1. The van der Waals surface area contributed by atoms with Gasteiger partial charge in [-0.3, -0.25) is 0 Å². The van der Waals surface area contributed by atoms with E-state index in [4.69, 9.17) is 10.5 Å². The van der Waals surface area contributed by atoms with E-state index in [2.05, 4.69) is 0 Å². The highest BCUT2D eigenvalue weighted by Crippen LogP contribution is 2.28. The second-order valence-electron chi connectivity index (χ2n) is 3.73. The maximum Gasteiger partial charge on any atom is 0.122 e. The lowest BCUT2D eigenvalue weighted by Crippen LogP contribution is -2.23. The molecule has 1 aromatic rings. The van der Waals surface area contributed by atoms with Gasteiger partial charge in [-0.25, -0.2) is 0 Å². The van der Waals surface area contributed by atoms with E-state index >= 15 is 0 Å². The fraction of sp³-hybridized carbons (Fsp3) is 0.455. The van der Waals surface area contributed by atoms with Crippen LogP contribution < -0.4 is 10.5 Å². The largest absolute Gasteiger partial charge is 0.493 e. The predicted molar refractivity (Wildman–Crippen MR) is 54.3 cm³/mol. The molecule has 1 aliphatic rings. The molecule has 0 unspecified atom stereocenters. The van der Waals surface area contributed by atoms with Gasteiger partial charge < -0.3 is 15.6 Å². The summed E-state index contributed by atoms with van der Waals surface area (Å²) in [5.74, 6) is 0.915. The van der Waals surface area contributed by atoms with Crippen molar-refractivity contribution in [2.24, 2.45) is 5.73 Å². The van der Waals surface area contributed by atoms with Gasteiger partial charge in [0.25, 0.3) is 0 Å². The molecule has 0 aromatic heterocycles. The van der Waals surface area contributed by atoms with Crippen molar-refractivity contribution in [3.8, 4) is 5.75 Å². The molecular formula is C11H15NO2. The molecule has 3 nitrogen and oxygen atoms in total. The Balaban J connectivity index is 2.28. The summed E-state index contributed by atoms with van der Waals surface area (Å²) in [6.45, 7) is 2.45. The van der Waals surface area contributed by atoms with E-state index < -0.39 is 6.10 Å². The maximum atomic E-state index is 9.36. The zero-order valence-corrected chi connectivity index (χ0v) is 8.23. The number of aliphatic hydroxyl groups is 1. The zero-order chi connectivity index (χ0) is 10.1. The summed E-state index contributed by atoms with van der Waals surface area (Å²) in [6, 6.07) is 5.59. The van der Waals surface area contributed by atoms with Gasteiger partial charge in [0.05, 0.1) is 18.8 Å². The summed E-state index contributed by atoms with van der Waals surface area (Å²) in [7, 11) is 0. The summed E-state index contributed by atoms with van der Waals surface area (Å²) in [5, 5.41) is 9.36. The highest BCUT2D eigenvalue weighted by molar-refractivity contribution is 5.41. The molecule has 0 fully saturated rings. The van der Waals surface area contributed by atoms with Gasteiger partial charge in [-0.15, -0.1) is 0 Å². The van der Waals surface area contributed by atoms with Crippen LogP contribution in [0.4, 0.5) is 0 Å². The van der Waals surface area contributed by atoms with Gasteiger partial charge in [0.2, 0.25) is 0 Å². The van der Waals surface area contributed by atoms with Crippen LogP contribution in [0.25, 0.3) is 0 Å². The summed E-state index contributed by atoms with van der Waals surface area (Å²) in [6.07, 6.45) is 0.439. The Labute approximate surface area is 83.5 Å². The molecule has 0 spiro atoms. The molecule has 1 aliphatic heterocycles. The molecule has 3 heteroatoms. The van der Waals surface area contributed by atoms with Crippen LogP contribution in [0.3, 0.4) is 0 Å². The summed E-state index contributed by atoms with van der Waals surface area (Å²) in [5.41, 5.74) is 7.99. The smallest absolute Gasteiger partial charge is 0.122 e. The fourth-order valence-corrected chi connectivity index (χ4v) is 1.67. The van der Waals surface area contributed by atoms with Gasteiger partial charge in [0.1, 0.15) is 5.75 Å². The Morgan fingerprint density at radius 1 is 1.50 bits per heavy atom. The zero-order valence-electron chi connectivity index (χ0n) is 8.23. The van der Waals surface area contributed by atoms with E-state index in [1.165, 1.54) is 5.56 Å². The Hall–Kier alpha value is -1.06. The predicted octanol–water partition coefficient (Wildman–Crippen LogP) is 1.00. The summed E-state index contributed by atoms with van der Waals surface area (Å²) in [4.78, 5) is 0. The molecule has 2 atom stereocenters. The number of ether oxygens (including phenoxy) is 1. The lowest BCUT2D eigenvalue weighted by Gasteiger charge is -2.15. The minimum atomic E-state index is -0.533. The molecule has 0 amide bonds.